The fraction of sp³-hybridized carbons (Fsp3) is 0.0769. The van der Waals surface area contributed by atoms with Crippen LogP contribution >= 0.6 is 0 Å². The molecule has 0 unspecified atom stereocenters. The van der Waals surface area contributed by atoms with Crippen molar-refractivity contribution in [3.63, 3.8) is 0 Å². The van der Waals surface area contributed by atoms with Crippen LogP contribution in [0.2, 0.25) is 0 Å². The standard InChI is InChI=1S/C32H2BN.C20H23BN2O2/c1-3-5-7-9-11-13-15-17-19-21-23-25-27-29-31-33-34-32-30-28-26-24-22-20-18-16-14-12-10-8-6-4-2;1-13-5-9-17(10-6-13)21(18-11-7-14(2)8-12-18)23-15(3)19(16(4)24)20(22)25-21/h1-2H;5-12,23H,22H2,1-4H3. The first-order chi connectivity index (χ1) is 28.7. The molecule has 0 aromatic heterocycles. The molecule has 2 aromatic carbocycles. The second-order valence-corrected chi connectivity index (χ2v) is 10.8. The Morgan fingerprint density at radius 3 is 1.25 bits per heavy atom. The van der Waals surface area contributed by atoms with Crippen molar-refractivity contribution in [2.75, 3.05) is 0 Å². The molecule has 5 nitrogen and oxygen atoms in total. The third-order valence-electron chi connectivity index (χ3n) is 6.76. The van der Waals surface area contributed by atoms with E-state index in [1.165, 1.54) is 25.1 Å². The smallest absolute Gasteiger partial charge is 0.639 e. The van der Waals surface area contributed by atoms with Gasteiger partial charge in [0.25, 0.3) is 0 Å². The normalized spacial score (nSPS) is 9.36. The maximum absolute atomic E-state index is 11.9. The van der Waals surface area contributed by atoms with Gasteiger partial charge in [-0.1, -0.05) is 70.6 Å². The number of carbonyl (C=O) groups excluding carboxylic acids is 1. The van der Waals surface area contributed by atoms with Gasteiger partial charge >= 0.3 is 155 Å². The molecule has 1 heterocycles. The van der Waals surface area contributed by atoms with Crippen LogP contribution in [0.4, 0.5) is 0 Å². The summed E-state index contributed by atoms with van der Waals surface area (Å²) in [4.78, 5) is 19.1. The number of hydrogen-bond donors (Lipinski definition) is 2. The number of aryl methyl sites for hydroxylation is 2. The van der Waals surface area contributed by atoms with Gasteiger partial charge in [-0.2, -0.15) is 0 Å². The first-order valence-electron chi connectivity index (χ1n) is 16.8. The number of hydrogen-bond acceptors (Lipinski definition) is 4. The first-order valence-corrected chi connectivity index (χ1v) is 16.8. The monoisotopic (exact) mass is 745 g/mol. The van der Waals surface area contributed by atoms with Gasteiger partial charge in [0.1, 0.15) is 11.3 Å². The van der Waals surface area contributed by atoms with Gasteiger partial charge in [0.15, 0.2) is 11.7 Å². The molecule has 0 fully saturated rings. The summed E-state index contributed by atoms with van der Waals surface area (Å²) in [5, 5.41) is 0. The van der Waals surface area contributed by atoms with Crippen molar-refractivity contribution < 1.29 is 14.4 Å². The summed E-state index contributed by atoms with van der Waals surface area (Å²) in [6.45, 7) is 5.65. The van der Waals surface area contributed by atoms with Gasteiger partial charge in [0, 0.05) is 6.92 Å². The average molecular weight is 745 g/mol. The molecule has 0 atom stereocenters. The van der Waals surface area contributed by atoms with Crippen LogP contribution in [0.15, 0.2) is 64.9 Å². The predicted octanol–water partition coefficient (Wildman–Crippen LogP) is 0.294. The summed E-state index contributed by atoms with van der Waals surface area (Å²) in [6, 6.07) is 18.8. The van der Waals surface area contributed by atoms with E-state index in [-0.39, 0.29) is 11.7 Å². The van der Waals surface area contributed by atoms with Crippen molar-refractivity contribution in [2.45, 2.75) is 27.7 Å². The molecule has 3 N–H and O–H groups in total. The van der Waals surface area contributed by atoms with Crippen LogP contribution < -0.4 is 21.6 Å². The van der Waals surface area contributed by atoms with Gasteiger partial charge in [-0.3, -0.25) is 4.79 Å². The molecule has 0 aliphatic carbocycles. The van der Waals surface area contributed by atoms with E-state index in [0.717, 1.165) is 16.6 Å². The average Bonchev–Trinajstić information content (AvgIpc) is 3.22. The summed E-state index contributed by atoms with van der Waals surface area (Å²) in [7, 11) is 1.28. The number of nitrogens with one attached hydrogen (secondary N) is 1. The van der Waals surface area contributed by atoms with Crippen LogP contribution in [0.25, 0.3) is 0 Å². The van der Waals surface area contributed by atoms with Crippen LogP contribution in [-0.4, -0.2) is 25.1 Å². The Morgan fingerprint density at radius 1 is 0.576 bits per heavy atom. The van der Waals surface area contributed by atoms with Gasteiger partial charge in [0.05, 0.1) is 0 Å². The SMILES string of the molecule is C#CC#CC#CC#CC#CC#CC#CC#CB=NC#CC#CC#CC#CC#CC#CC#CC#C.CC(=O)C1=C(N)O[B-](c2ccc(C)cc2)(c2ccc(C)cc2)[NH+]=C1C. The van der Waals surface area contributed by atoms with Crippen molar-refractivity contribution in [3.05, 3.63) is 71.1 Å². The molecular weight excluding hydrogens is 720 g/mol. The zero-order chi connectivity index (χ0) is 42.8. The van der Waals surface area contributed by atoms with Crippen molar-refractivity contribution in [2.24, 2.45) is 10.6 Å². The van der Waals surface area contributed by atoms with Crippen LogP contribution in [0.3, 0.4) is 0 Å². The Bertz CT molecular complexity index is 2940. The van der Waals surface area contributed by atoms with Gasteiger partial charge in [0.2, 0.25) is 0 Å². The third kappa shape index (κ3) is 18.1. The van der Waals surface area contributed by atoms with E-state index in [1.807, 2.05) is 69.3 Å². The van der Waals surface area contributed by atoms with Crippen LogP contribution in [-0.2, 0) is 9.45 Å². The summed E-state index contributed by atoms with van der Waals surface area (Å²) in [6.07, 6.45) is 9.85. The van der Waals surface area contributed by atoms with Crippen LogP contribution in [0, 0.1) is 204 Å². The summed E-state index contributed by atoms with van der Waals surface area (Å²) >= 11 is 0. The molecule has 0 amide bonds. The quantitative estimate of drug-likeness (QED) is 0.351. The fourth-order valence-corrected chi connectivity index (χ4v) is 4.40. The van der Waals surface area contributed by atoms with Gasteiger partial charge < -0.3 is 15.3 Å². The topological polar surface area (TPSA) is 78.7 Å². The van der Waals surface area contributed by atoms with Crippen molar-refractivity contribution in [1.29, 1.82) is 0 Å². The Hall–Kier alpha value is -9.99. The van der Waals surface area contributed by atoms with Gasteiger partial charge in [-0.25, -0.2) is 0 Å². The molecule has 0 radical (unpaired) electrons. The molecule has 1 aliphatic rings. The van der Waals surface area contributed by atoms with Crippen LogP contribution in [0.5, 0.6) is 0 Å². The minimum atomic E-state index is -1.80. The molecule has 0 bridgehead atoms. The molecule has 266 valence electrons. The van der Waals surface area contributed by atoms with Crippen LogP contribution in [0.1, 0.15) is 25.0 Å². The Morgan fingerprint density at radius 2 is 0.915 bits per heavy atom. The van der Waals surface area contributed by atoms with E-state index < -0.39 is 6.48 Å². The van der Waals surface area contributed by atoms with E-state index in [0.29, 0.717) is 5.57 Å². The minimum Gasteiger partial charge on any atom is -0.639 e. The number of benzene rings is 2. The predicted molar refractivity (Wildman–Crippen MR) is 237 cm³/mol. The second kappa shape index (κ2) is 27.6. The summed E-state index contributed by atoms with van der Waals surface area (Å²) in [5.41, 5.74) is 11.6. The van der Waals surface area contributed by atoms with Crippen molar-refractivity contribution in [1.82, 2.24) is 0 Å². The van der Waals surface area contributed by atoms with Crippen molar-refractivity contribution in [3.8, 4) is 190 Å². The molecule has 0 saturated carbocycles. The Balaban J connectivity index is 0.000000423. The third-order valence-corrected chi connectivity index (χ3v) is 6.76. The van der Waals surface area contributed by atoms with E-state index in [2.05, 4.69) is 187 Å². The molecule has 7 heteroatoms. The number of nitrogens with zero attached hydrogens (tertiary/aromatic N) is 1. The second-order valence-electron chi connectivity index (χ2n) is 10.8. The molecule has 2 aromatic rings. The van der Waals surface area contributed by atoms with Gasteiger partial charge in [-0.05, 0) is 62.2 Å². The Labute approximate surface area is 348 Å². The van der Waals surface area contributed by atoms with E-state index >= 15 is 0 Å². The zero-order valence-corrected chi connectivity index (χ0v) is 32.3. The number of rotatable bonds is 3. The van der Waals surface area contributed by atoms with E-state index in [1.54, 1.807) is 0 Å². The first kappa shape index (κ1) is 45.2. The number of carbonyl (C=O) groups is 1. The molecule has 0 spiro atoms. The number of terminal acetylenes is 2. The molecule has 0 saturated heterocycles. The number of nitrogens with two attached hydrogens (primary N) is 1. The van der Waals surface area contributed by atoms with Gasteiger partial charge in [-0.15, -0.1) is 12.8 Å². The molecule has 3 rings (SSSR count). The minimum absolute atomic E-state index is 0.111. The number of allylic oxidation sites excluding steroid dienone is 1. The number of ketones is 1. The van der Waals surface area contributed by atoms with E-state index in [9.17, 15) is 4.79 Å². The molecule has 1 aliphatic heterocycles. The maximum atomic E-state index is 11.9. The zero-order valence-electron chi connectivity index (χ0n) is 32.3. The van der Waals surface area contributed by atoms with Crippen molar-refractivity contribution >= 4 is 36.0 Å². The molecule has 59 heavy (non-hydrogen) atoms. The van der Waals surface area contributed by atoms with E-state index in [4.69, 9.17) is 23.2 Å². The summed E-state index contributed by atoms with van der Waals surface area (Å²) < 4.78 is 6.24. The molecular formula is C52H25B2N3O2. The number of Topliss-reactive ketones (excluding diaryl/α,β-unsaturated/α-hetero) is 1. The Kier molecular flexibility index (Phi) is 21.1. The summed E-state index contributed by atoms with van der Waals surface area (Å²) in [5.74, 6) is 70.8. The fourth-order valence-electron chi connectivity index (χ4n) is 4.40.